The molecule has 0 saturated heterocycles. The molecule has 0 saturated carbocycles. The average molecular weight is 396 g/mol. The molecule has 0 fully saturated rings. The zero-order valence-electron chi connectivity index (χ0n) is 18.2. The van der Waals surface area contributed by atoms with Gasteiger partial charge in [0, 0.05) is 24.3 Å². The van der Waals surface area contributed by atoms with Crippen molar-refractivity contribution in [2.75, 3.05) is 10.6 Å². The van der Waals surface area contributed by atoms with Crippen LogP contribution in [0.3, 0.4) is 0 Å². The third kappa shape index (κ3) is 6.71. The first-order valence-electron chi connectivity index (χ1n) is 10.2. The van der Waals surface area contributed by atoms with E-state index >= 15 is 0 Å². The second-order valence-corrected chi connectivity index (χ2v) is 8.18. The van der Waals surface area contributed by atoms with Crippen molar-refractivity contribution in [1.82, 2.24) is 5.32 Å². The molecule has 156 valence electrons. The number of rotatable bonds is 8. The molecular formula is C24H33N3O2. The highest BCUT2D eigenvalue weighted by molar-refractivity contribution is 5.95. The first-order chi connectivity index (χ1) is 13.7. The summed E-state index contributed by atoms with van der Waals surface area (Å²) < 4.78 is 0. The SMILES string of the molecule is CC(=O)Nc1ccc(NC(=O)[C@H](C)N[C@H](c2ccc(C(C)C)cc2)C(C)C)cc1. The van der Waals surface area contributed by atoms with E-state index in [1.165, 1.54) is 18.1 Å². The minimum Gasteiger partial charge on any atom is -0.326 e. The van der Waals surface area contributed by atoms with Crippen LogP contribution in [-0.2, 0) is 9.59 Å². The van der Waals surface area contributed by atoms with Gasteiger partial charge in [0.1, 0.15) is 0 Å². The van der Waals surface area contributed by atoms with E-state index in [1.807, 2.05) is 6.92 Å². The fraction of sp³-hybridized carbons (Fsp3) is 0.417. The lowest BCUT2D eigenvalue weighted by Gasteiger charge is -2.27. The van der Waals surface area contributed by atoms with Gasteiger partial charge in [-0.2, -0.15) is 0 Å². The first kappa shape index (κ1) is 22.6. The molecule has 2 atom stereocenters. The highest BCUT2D eigenvalue weighted by atomic mass is 16.2. The number of anilines is 2. The molecule has 2 aromatic carbocycles. The summed E-state index contributed by atoms with van der Waals surface area (Å²) in [6.45, 7) is 12.0. The van der Waals surface area contributed by atoms with Crippen LogP contribution in [-0.4, -0.2) is 17.9 Å². The third-order valence-electron chi connectivity index (χ3n) is 4.92. The van der Waals surface area contributed by atoms with Crippen LogP contribution in [0.5, 0.6) is 0 Å². The van der Waals surface area contributed by atoms with E-state index in [2.05, 4.69) is 67.9 Å². The van der Waals surface area contributed by atoms with Gasteiger partial charge in [-0.3, -0.25) is 14.9 Å². The van der Waals surface area contributed by atoms with E-state index in [0.29, 0.717) is 23.2 Å². The summed E-state index contributed by atoms with van der Waals surface area (Å²) in [6, 6.07) is 15.4. The number of benzene rings is 2. The molecule has 5 heteroatoms. The van der Waals surface area contributed by atoms with Gasteiger partial charge in [0.25, 0.3) is 0 Å². The van der Waals surface area contributed by atoms with Crippen molar-refractivity contribution in [1.29, 1.82) is 0 Å². The first-order valence-corrected chi connectivity index (χ1v) is 10.2. The Bertz CT molecular complexity index is 811. The fourth-order valence-electron chi connectivity index (χ4n) is 3.20. The van der Waals surface area contributed by atoms with Gasteiger partial charge in [0.05, 0.1) is 6.04 Å². The molecule has 2 rings (SSSR count). The van der Waals surface area contributed by atoms with E-state index in [0.717, 1.165) is 0 Å². The molecule has 0 aliphatic carbocycles. The van der Waals surface area contributed by atoms with Gasteiger partial charge < -0.3 is 10.6 Å². The van der Waals surface area contributed by atoms with Gasteiger partial charge in [-0.15, -0.1) is 0 Å². The highest BCUT2D eigenvalue weighted by Crippen LogP contribution is 2.25. The van der Waals surface area contributed by atoms with Crippen molar-refractivity contribution in [2.24, 2.45) is 5.92 Å². The predicted molar refractivity (Wildman–Crippen MR) is 120 cm³/mol. The summed E-state index contributed by atoms with van der Waals surface area (Å²) in [4.78, 5) is 23.8. The second-order valence-electron chi connectivity index (χ2n) is 8.18. The maximum atomic E-state index is 12.7. The minimum absolute atomic E-state index is 0.0825. The van der Waals surface area contributed by atoms with Gasteiger partial charge >= 0.3 is 0 Å². The third-order valence-corrected chi connectivity index (χ3v) is 4.92. The van der Waals surface area contributed by atoms with Crippen LogP contribution >= 0.6 is 0 Å². The number of hydrogen-bond donors (Lipinski definition) is 3. The Morgan fingerprint density at radius 3 is 1.66 bits per heavy atom. The lowest BCUT2D eigenvalue weighted by Crippen LogP contribution is -2.41. The zero-order chi connectivity index (χ0) is 21.6. The number of carbonyl (C=O) groups is 2. The summed E-state index contributed by atoms with van der Waals surface area (Å²) in [5.74, 6) is 0.617. The van der Waals surface area contributed by atoms with Crippen molar-refractivity contribution in [3.8, 4) is 0 Å². The molecule has 29 heavy (non-hydrogen) atoms. The molecule has 0 radical (unpaired) electrons. The molecular weight excluding hydrogens is 362 g/mol. The Morgan fingerprint density at radius 2 is 1.21 bits per heavy atom. The zero-order valence-corrected chi connectivity index (χ0v) is 18.2. The summed E-state index contributed by atoms with van der Waals surface area (Å²) in [7, 11) is 0. The minimum atomic E-state index is -0.359. The summed E-state index contributed by atoms with van der Waals surface area (Å²) >= 11 is 0. The van der Waals surface area contributed by atoms with Crippen molar-refractivity contribution in [2.45, 2.75) is 59.5 Å². The Morgan fingerprint density at radius 1 is 0.724 bits per heavy atom. The Kier molecular flexibility index (Phi) is 7.97. The highest BCUT2D eigenvalue weighted by Gasteiger charge is 2.22. The van der Waals surface area contributed by atoms with E-state index < -0.39 is 0 Å². The average Bonchev–Trinajstić information content (AvgIpc) is 2.66. The normalized spacial score (nSPS) is 13.2. The lowest BCUT2D eigenvalue weighted by molar-refractivity contribution is -0.118. The Balaban J connectivity index is 2.02. The molecule has 2 amide bonds. The van der Waals surface area contributed by atoms with E-state index in [1.54, 1.807) is 24.3 Å². The molecule has 0 aliphatic rings. The molecule has 0 spiro atoms. The number of nitrogens with one attached hydrogen (secondary N) is 3. The maximum absolute atomic E-state index is 12.7. The van der Waals surface area contributed by atoms with E-state index in [4.69, 9.17) is 0 Å². The monoisotopic (exact) mass is 395 g/mol. The van der Waals surface area contributed by atoms with Crippen LogP contribution in [0, 0.1) is 5.92 Å². The fourth-order valence-corrected chi connectivity index (χ4v) is 3.20. The van der Waals surface area contributed by atoms with Crippen LogP contribution in [0.15, 0.2) is 48.5 Å². The predicted octanol–water partition coefficient (Wildman–Crippen LogP) is 5.08. The maximum Gasteiger partial charge on any atom is 0.241 e. The van der Waals surface area contributed by atoms with Crippen molar-refractivity contribution >= 4 is 23.2 Å². The Labute approximate surface area is 174 Å². The van der Waals surface area contributed by atoms with Crippen LogP contribution in [0.2, 0.25) is 0 Å². The molecule has 0 heterocycles. The van der Waals surface area contributed by atoms with Crippen LogP contribution < -0.4 is 16.0 Å². The van der Waals surface area contributed by atoms with E-state index in [9.17, 15) is 9.59 Å². The van der Waals surface area contributed by atoms with Crippen molar-refractivity contribution in [3.05, 3.63) is 59.7 Å². The quantitative estimate of drug-likeness (QED) is 0.583. The number of carbonyl (C=O) groups excluding carboxylic acids is 2. The van der Waals surface area contributed by atoms with Gasteiger partial charge in [0.15, 0.2) is 0 Å². The molecule has 0 unspecified atom stereocenters. The largest absolute Gasteiger partial charge is 0.326 e. The molecule has 0 aliphatic heterocycles. The number of amides is 2. The smallest absolute Gasteiger partial charge is 0.241 e. The van der Waals surface area contributed by atoms with Gasteiger partial charge in [-0.05, 0) is 54.2 Å². The van der Waals surface area contributed by atoms with E-state index in [-0.39, 0.29) is 23.9 Å². The summed E-state index contributed by atoms with van der Waals surface area (Å²) in [6.07, 6.45) is 0. The molecule has 3 N–H and O–H groups in total. The topological polar surface area (TPSA) is 70.2 Å². The Hall–Kier alpha value is -2.66. The van der Waals surface area contributed by atoms with Crippen LogP contribution in [0.4, 0.5) is 11.4 Å². The lowest BCUT2D eigenvalue weighted by atomic mass is 9.93. The van der Waals surface area contributed by atoms with Crippen LogP contribution in [0.25, 0.3) is 0 Å². The molecule has 0 aromatic heterocycles. The van der Waals surface area contributed by atoms with Crippen molar-refractivity contribution in [3.63, 3.8) is 0 Å². The molecule has 0 bridgehead atoms. The summed E-state index contributed by atoms with van der Waals surface area (Å²) in [5.41, 5.74) is 3.89. The van der Waals surface area contributed by atoms with Gasteiger partial charge in [-0.25, -0.2) is 0 Å². The summed E-state index contributed by atoms with van der Waals surface area (Å²) in [5, 5.41) is 9.11. The second kappa shape index (κ2) is 10.2. The van der Waals surface area contributed by atoms with Gasteiger partial charge in [0.2, 0.25) is 11.8 Å². The molecule has 5 nitrogen and oxygen atoms in total. The standard InChI is InChI=1S/C24H33N3O2/c1-15(2)19-7-9-20(10-8-19)23(16(3)4)25-17(5)24(29)27-22-13-11-21(12-14-22)26-18(6)28/h7-17,23,25H,1-6H3,(H,26,28)(H,27,29)/t17-,23-/m0/s1. The van der Waals surface area contributed by atoms with Crippen LogP contribution in [0.1, 0.15) is 64.6 Å². The molecule has 2 aromatic rings. The number of hydrogen-bond acceptors (Lipinski definition) is 3. The van der Waals surface area contributed by atoms with Crippen molar-refractivity contribution < 1.29 is 9.59 Å². The van der Waals surface area contributed by atoms with Gasteiger partial charge in [-0.1, -0.05) is 52.0 Å².